The van der Waals surface area contributed by atoms with E-state index in [0.717, 1.165) is 27.8 Å². The van der Waals surface area contributed by atoms with Gasteiger partial charge in [0.25, 0.3) is 0 Å². The molecule has 0 saturated carbocycles. The minimum Gasteiger partial charge on any atom is -0.472 e. The van der Waals surface area contributed by atoms with Crippen LogP contribution in [0.15, 0.2) is 57.8 Å². The number of hydrogen-bond donors (Lipinski definition) is 0. The standard InChI is InChI=1S/C18H14N2O4S/c1-11-19-20-18(23-11)16-9-15(17-10-22-8-7-14(16)17)12-3-5-13(6-4-12)24-25(2)21/h3-10H,1-2H3. The van der Waals surface area contributed by atoms with Gasteiger partial charge in [-0.1, -0.05) is 12.1 Å². The van der Waals surface area contributed by atoms with Crippen molar-refractivity contribution in [2.24, 2.45) is 0 Å². The molecule has 0 N–H and O–H groups in total. The van der Waals surface area contributed by atoms with E-state index in [1.807, 2.05) is 24.3 Å². The second-order valence-corrected chi connectivity index (χ2v) is 6.46. The van der Waals surface area contributed by atoms with E-state index in [9.17, 15) is 4.21 Å². The van der Waals surface area contributed by atoms with Crippen LogP contribution in [0.25, 0.3) is 33.7 Å². The molecule has 126 valence electrons. The van der Waals surface area contributed by atoms with Crippen molar-refractivity contribution in [3.05, 3.63) is 54.8 Å². The Balaban J connectivity index is 1.81. The third-order valence-electron chi connectivity index (χ3n) is 3.79. The number of nitrogens with zero attached hydrogens (tertiary/aromatic N) is 2. The zero-order valence-electron chi connectivity index (χ0n) is 13.6. The van der Waals surface area contributed by atoms with Crippen molar-refractivity contribution in [1.82, 2.24) is 10.2 Å². The monoisotopic (exact) mass is 354 g/mol. The highest BCUT2D eigenvalue weighted by molar-refractivity contribution is 7.79. The average molecular weight is 354 g/mol. The molecule has 2 aliphatic rings. The van der Waals surface area contributed by atoms with Gasteiger partial charge in [-0.15, -0.1) is 10.2 Å². The van der Waals surface area contributed by atoms with E-state index in [4.69, 9.17) is 13.0 Å². The van der Waals surface area contributed by atoms with E-state index >= 15 is 0 Å². The van der Waals surface area contributed by atoms with Crippen molar-refractivity contribution in [3.63, 3.8) is 0 Å². The molecule has 2 heterocycles. The topological polar surface area (TPSA) is 78.4 Å². The van der Waals surface area contributed by atoms with E-state index in [1.165, 1.54) is 6.26 Å². The van der Waals surface area contributed by atoms with Crippen molar-refractivity contribution in [2.45, 2.75) is 6.92 Å². The Bertz CT molecular complexity index is 1020. The van der Waals surface area contributed by atoms with Crippen molar-refractivity contribution in [1.29, 1.82) is 0 Å². The SMILES string of the molecule is Cc1nnc(-c2cc(-c3ccc(OS(C)=O)cc3)c3coccc2-3)o1. The maximum Gasteiger partial charge on any atom is 0.248 e. The Hall–Kier alpha value is -2.93. The first-order valence-corrected chi connectivity index (χ1v) is 9.02. The molecule has 25 heavy (non-hydrogen) atoms. The van der Waals surface area contributed by atoms with Gasteiger partial charge in [0, 0.05) is 29.9 Å². The van der Waals surface area contributed by atoms with Crippen LogP contribution in [-0.2, 0) is 11.1 Å². The Morgan fingerprint density at radius 3 is 2.48 bits per heavy atom. The second kappa shape index (κ2) is 6.18. The molecule has 1 aromatic carbocycles. The van der Waals surface area contributed by atoms with Gasteiger partial charge in [0.15, 0.2) is 0 Å². The van der Waals surface area contributed by atoms with Crippen LogP contribution in [0.1, 0.15) is 5.89 Å². The Morgan fingerprint density at radius 1 is 1.00 bits per heavy atom. The molecule has 0 fully saturated rings. The average Bonchev–Trinajstić information content (AvgIpc) is 3.19. The first-order chi connectivity index (χ1) is 12.1. The number of rotatable bonds is 4. The van der Waals surface area contributed by atoms with Gasteiger partial charge in [0.2, 0.25) is 22.9 Å². The number of benzene rings is 1. The molecule has 0 bridgehead atoms. The first kappa shape index (κ1) is 15.6. The van der Waals surface area contributed by atoms with E-state index in [2.05, 4.69) is 10.2 Å². The number of aryl methyl sites for hydroxylation is 1. The summed E-state index contributed by atoms with van der Waals surface area (Å²) < 4.78 is 27.3. The van der Waals surface area contributed by atoms with E-state index in [0.29, 0.717) is 17.5 Å². The van der Waals surface area contributed by atoms with Crippen LogP contribution in [0.4, 0.5) is 0 Å². The molecule has 1 atom stereocenters. The third-order valence-corrected chi connectivity index (χ3v) is 4.22. The summed E-state index contributed by atoms with van der Waals surface area (Å²) in [5.41, 5.74) is 4.73. The maximum atomic E-state index is 11.2. The highest BCUT2D eigenvalue weighted by Gasteiger charge is 2.21. The summed E-state index contributed by atoms with van der Waals surface area (Å²) in [6.45, 7) is 1.76. The van der Waals surface area contributed by atoms with Crippen LogP contribution < -0.4 is 4.18 Å². The summed E-state index contributed by atoms with van der Waals surface area (Å²) in [5.74, 6) is 1.54. The van der Waals surface area contributed by atoms with Crippen LogP contribution >= 0.6 is 0 Å². The summed E-state index contributed by atoms with van der Waals surface area (Å²) in [4.78, 5) is 0. The minimum absolute atomic E-state index is 0.473. The van der Waals surface area contributed by atoms with Gasteiger partial charge in [-0.3, -0.25) is 0 Å². The summed E-state index contributed by atoms with van der Waals surface area (Å²) in [5, 5.41) is 8.02. The lowest BCUT2D eigenvalue weighted by molar-refractivity contribution is 0.532. The summed E-state index contributed by atoms with van der Waals surface area (Å²) in [6, 6.07) is 11.3. The molecule has 1 aliphatic heterocycles. The highest BCUT2D eigenvalue weighted by Crippen LogP contribution is 2.43. The Kier molecular flexibility index (Phi) is 3.85. The lowest BCUT2D eigenvalue weighted by Crippen LogP contribution is -1.95. The number of fused-ring (bicyclic) bond motifs is 1. The molecule has 1 aromatic heterocycles. The summed E-state index contributed by atoms with van der Waals surface area (Å²) in [7, 11) is 0. The van der Waals surface area contributed by atoms with Gasteiger partial charge in [-0.05, 0) is 35.4 Å². The number of hydrogen-bond acceptors (Lipinski definition) is 6. The predicted molar refractivity (Wildman–Crippen MR) is 93.5 cm³/mol. The zero-order chi connectivity index (χ0) is 17.4. The van der Waals surface area contributed by atoms with Crippen LogP contribution in [-0.4, -0.2) is 20.7 Å². The van der Waals surface area contributed by atoms with Crippen molar-refractivity contribution >= 4 is 11.1 Å². The molecule has 4 rings (SSSR count). The fourth-order valence-corrected chi connectivity index (χ4v) is 3.14. The van der Waals surface area contributed by atoms with Crippen LogP contribution in [0, 0.1) is 6.92 Å². The second-order valence-electron chi connectivity index (χ2n) is 5.49. The minimum atomic E-state index is -1.35. The largest absolute Gasteiger partial charge is 0.472 e. The van der Waals surface area contributed by atoms with Gasteiger partial charge < -0.3 is 13.0 Å². The van der Waals surface area contributed by atoms with E-state index in [1.54, 1.807) is 31.6 Å². The third kappa shape index (κ3) is 2.94. The molecule has 0 spiro atoms. The van der Waals surface area contributed by atoms with Crippen molar-refractivity contribution < 1.29 is 17.2 Å². The lowest BCUT2D eigenvalue weighted by Gasteiger charge is -2.05. The fourth-order valence-electron chi connectivity index (χ4n) is 2.76. The molecule has 6 nitrogen and oxygen atoms in total. The fraction of sp³-hybridized carbons (Fsp3) is 0.111. The molecular weight excluding hydrogens is 340 g/mol. The molecule has 1 aliphatic carbocycles. The van der Waals surface area contributed by atoms with Crippen molar-refractivity contribution in [2.75, 3.05) is 6.26 Å². The smallest absolute Gasteiger partial charge is 0.248 e. The van der Waals surface area contributed by atoms with Gasteiger partial charge in [-0.2, -0.15) is 0 Å². The van der Waals surface area contributed by atoms with Crippen LogP contribution in [0.2, 0.25) is 0 Å². The summed E-state index contributed by atoms with van der Waals surface area (Å²) in [6.07, 6.45) is 4.80. The quantitative estimate of drug-likeness (QED) is 0.549. The van der Waals surface area contributed by atoms with Crippen LogP contribution in [0.5, 0.6) is 5.75 Å². The molecule has 2 aromatic rings. The van der Waals surface area contributed by atoms with Gasteiger partial charge >= 0.3 is 0 Å². The molecule has 0 saturated heterocycles. The summed E-state index contributed by atoms with van der Waals surface area (Å²) >= 11 is -1.35. The van der Waals surface area contributed by atoms with Gasteiger partial charge in [0.1, 0.15) is 5.75 Å². The van der Waals surface area contributed by atoms with Crippen molar-refractivity contribution in [3.8, 4) is 39.5 Å². The van der Waals surface area contributed by atoms with E-state index in [-0.39, 0.29) is 0 Å². The number of aromatic nitrogens is 2. The van der Waals surface area contributed by atoms with Crippen LogP contribution in [0.3, 0.4) is 0 Å². The molecule has 7 heteroatoms. The molecule has 1 unspecified atom stereocenters. The zero-order valence-corrected chi connectivity index (χ0v) is 14.4. The lowest BCUT2D eigenvalue weighted by atomic mass is 10.0. The molecule has 0 radical (unpaired) electrons. The van der Waals surface area contributed by atoms with Gasteiger partial charge in [0.05, 0.1) is 12.5 Å². The van der Waals surface area contributed by atoms with E-state index < -0.39 is 11.1 Å². The first-order valence-electron chi connectivity index (χ1n) is 7.53. The normalized spacial score (nSPS) is 12.4. The Morgan fingerprint density at radius 2 is 1.80 bits per heavy atom. The highest BCUT2D eigenvalue weighted by atomic mass is 32.2. The maximum absolute atomic E-state index is 11.2. The Labute approximate surface area is 146 Å². The molecule has 0 amide bonds. The van der Waals surface area contributed by atoms with Gasteiger partial charge in [-0.25, -0.2) is 4.21 Å². The molecular formula is C18H14N2O4S. The predicted octanol–water partition coefficient (Wildman–Crippen LogP) is 4.08.